The van der Waals surface area contributed by atoms with E-state index in [1.807, 2.05) is 0 Å². The quantitative estimate of drug-likeness (QED) is 0.314. The summed E-state index contributed by atoms with van der Waals surface area (Å²) in [4.78, 5) is 2.44. The molecule has 0 amide bonds. The Hall–Kier alpha value is -0.200. The van der Waals surface area contributed by atoms with Crippen molar-refractivity contribution in [1.82, 2.24) is 26.6 Å². The first kappa shape index (κ1) is 6.33. The molecule has 3 heterocycles. The minimum absolute atomic E-state index is 0.564. The van der Waals surface area contributed by atoms with Crippen molar-refractivity contribution in [2.24, 2.45) is 0 Å². The zero-order chi connectivity index (χ0) is 7.26. The molecule has 0 aromatic carbocycles. The summed E-state index contributed by atoms with van der Waals surface area (Å²) in [5.74, 6) is 0. The minimum atomic E-state index is 0.564. The van der Waals surface area contributed by atoms with Gasteiger partial charge < -0.3 is 0 Å². The van der Waals surface area contributed by atoms with Crippen molar-refractivity contribution < 1.29 is 0 Å². The van der Waals surface area contributed by atoms with Gasteiger partial charge in [0.15, 0.2) is 0 Å². The van der Waals surface area contributed by atoms with Crippen LogP contribution in [0.3, 0.4) is 0 Å². The number of hydrogen-bond acceptors (Lipinski definition) is 5. The van der Waals surface area contributed by atoms with Crippen LogP contribution in [0.15, 0.2) is 0 Å². The number of piperidine rings is 1. The maximum absolute atomic E-state index is 3.47. The van der Waals surface area contributed by atoms with Crippen LogP contribution >= 0.6 is 0 Å². The van der Waals surface area contributed by atoms with Crippen LogP contribution in [0, 0.1) is 0 Å². The zero-order valence-electron chi connectivity index (χ0n) is 6.30. The molecule has 2 bridgehead atoms. The lowest BCUT2D eigenvalue weighted by molar-refractivity contribution is 0.241. The van der Waals surface area contributed by atoms with Gasteiger partial charge in [-0.15, -0.1) is 0 Å². The fourth-order valence-corrected chi connectivity index (χ4v) is 2.26. The number of nitrogens with one attached hydrogen (secondary N) is 4. The molecule has 0 aromatic heterocycles. The summed E-state index contributed by atoms with van der Waals surface area (Å²) < 4.78 is 0. The third-order valence-electron chi connectivity index (χ3n) is 2.85. The molecule has 5 nitrogen and oxygen atoms in total. The summed E-state index contributed by atoms with van der Waals surface area (Å²) in [5, 5.41) is 3.47. The summed E-state index contributed by atoms with van der Waals surface area (Å²) in [7, 11) is 0. The number of hydrazine groups is 2. The van der Waals surface area contributed by atoms with Crippen molar-refractivity contribution in [1.29, 1.82) is 0 Å². The minimum Gasteiger partial charge on any atom is -0.299 e. The topological polar surface area (TPSA) is 51.4 Å². The van der Waals surface area contributed by atoms with Gasteiger partial charge in [0.1, 0.15) is 0 Å². The van der Waals surface area contributed by atoms with Gasteiger partial charge in [-0.3, -0.25) is 10.2 Å². The highest BCUT2D eigenvalue weighted by molar-refractivity contribution is 5.03. The van der Waals surface area contributed by atoms with Crippen LogP contribution in [0.5, 0.6) is 0 Å². The molecule has 5 heteroatoms. The van der Waals surface area contributed by atoms with Crippen LogP contribution in [0.1, 0.15) is 0 Å². The van der Waals surface area contributed by atoms with Crippen LogP contribution in [0.2, 0.25) is 0 Å². The largest absolute Gasteiger partial charge is 0.299 e. The average Bonchev–Trinajstić information content (AvgIpc) is 2.58. The van der Waals surface area contributed by atoms with Gasteiger partial charge in [-0.25, -0.2) is 10.9 Å². The van der Waals surface area contributed by atoms with E-state index >= 15 is 0 Å². The van der Waals surface area contributed by atoms with Gasteiger partial charge in [0, 0.05) is 25.8 Å². The Morgan fingerprint density at radius 3 is 3.00 bits per heavy atom. The molecular formula is C6H13N5. The summed E-state index contributed by atoms with van der Waals surface area (Å²) >= 11 is 0. The van der Waals surface area contributed by atoms with Crippen molar-refractivity contribution in [2.75, 3.05) is 19.8 Å². The number of fused-ring (bicyclic) bond motifs is 4. The molecule has 3 rings (SSSR count). The second-order valence-electron chi connectivity index (χ2n) is 3.55. The molecule has 0 radical (unpaired) electrons. The summed E-state index contributed by atoms with van der Waals surface area (Å²) in [5.41, 5.74) is 9.43. The Bertz CT molecular complexity index is 170. The van der Waals surface area contributed by atoms with E-state index in [9.17, 15) is 0 Å². The SMILES string of the molecule is C1NC2CN1CC1NNNC21. The monoisotopic (exact) mass is 155 g/mol. The molecule has 0 aromatic rings. The van der Waals surface area contributed by atoms with Gasteiger partial charge in [-0.1, -0.05) is 0 Å². The second kappa shape index (κ2) is 2.15. The highest BCUT2D eigenvalue weighted by atomic mass is 15.7. The van der Waals surface area contributed by atoms with Crippen LogP contribution in [0.4, 0.5) is 0 Å². The van der Waals surface area contributed by atoms with E-state index in [1.54, 1.807) is 0 Å². The first-order valence-corrected chi connectivity index (χ1v) is 4.15. The van der Waals surface area contributed by atoms with Gasteiger partial charge in [-0.05, 0) is 0 Å². The number of rotatable bonds is 0. The Kier molecular flexibility index (Phi) is 1.24. The van der Waals surface area contributed by atoms with Crippen molar-refractivity contribution >= 4 is 0 Å². The molecule has 4 atom stereocenters. The fourth-order valence-electron chi connectivity index (χ4n) is 2.26. The highest BCUT2D eigenvalue weighted by Gasteiger charge is 2.42. The van der Waals surface area contributed by atoms with Crippen molar-refractivity contribution in [3.8, 4) is 0 Å². The normalized spacial score (nSPS) is 54.5. The van der Waals surface area contributed by atoms with Crippen LogP contribution in [-0.2, 0) is 0 Å². The smallest absolute Gasteiger partial charge is 0.0572 e. The molecule has 3 aliphatic rings. The Labute approximate surface area is 65.4 Å². The predicted molar refractivity (Wildman–Crippen MR) is 40.3 cm³/mol. The molecule has 0 aliphatic carbocycles. The van der Waals surface area contributed by atoms with Crippen LogP contribution in [0.25, 0.3) is 0 Å². The summed E-state index contributed by atoms with van der Waals surface area (Å²) in [6.07, 6.45) is 0. The fraction of sp³-hybridized carbons (Fsp3) is 1.00. The maximum Gasteiger partial charge on any atom is 0.0572 e. The Balaban J connectivity index is 1.85. The molecule has 4 unspecified atom stereocenters. The standard InChI is InChI=1S/C6H13N5/c1-4-6-5(8-10-9-6)2-11(1)3-7-4/h4-10H,1-3H2. The first-order valence-electron chi connectivity index (χ1n) is 4.15. The van der Waals surface area contributed by atoms with E-state index in [-0.39, 0.29) is 0 Å². The van der Waals surface area contributed by atoms with E-state index < -0.39 is 0 Å². The zero-order valence-corrected chi connectivity index (χ0v) is 6.30. The molecule has 4 N–H and O–H groups in total. The molecule has 0 spiro atoms. The molecular weight excluding hydrogens is 142 g/mol. The molecule has 3 aliphatic heterocycles. The van der Waals surface area contributed by atoms with Gasteiger partial charge in [0.2, 0.25) is 0 Å². The molecule has 3 saturated heterocycles. The molecule has 3 fully saturated rings. The van der Waals surface area contributed by atoms with Gasteiger partial charge in [0.05, 0.1) is 12.1 Å². The van der Waals surface area contributed by atoms with E-state index in [2.05, 4.69) is 26.6 Å². The summed E-state index contributed by atoms with van der Waals surface area (Å²) in [6, 6.07) is 1.76. The van der Waals surface area contributed by atoms with Crippen LogP contribution in [-0.4, -0.2) is 42.8 Å². The molecule has 11 heavy (non-hydrogen) atoms. The number of hydrogen-bond donors (Lipinski definition) is 4. The Morgan fingerprint density at radius 1 is 1.09 bits per heavy atom. The van der Waals surface area contributed by atoms with Gasteiger partial charge >= 0.3 is 0 Å². The average molecular weight is 155 g/mol. The third kappa shape index (κ3) is 0.830. The van der Waals surface area contributed by atoms with E-state index in [4.69, 9.17) is 0 Å². The van der Waals surface area contributed by atoms with E-state index in [1.165, 1.54) is 6.54 Å². The number of nitrogens with zero attached hydrogens (tertiary/aromatic N) is 1. The van der Waals surface area contributed by atoms with E-state index in [0.717, 1.165) is 13.2 Å². The van der Waals surface area contributed by atoms with Crippen molar-refractivity contribution in [3.05, 3.63) is 0 Å². The first-order chi connectivity index (χ1) is 5.43. The van der Waals surface area contributed by atoms with E-state index in [0.29, 0.717) is 18.1 Å². The maximum atomic E-state index is 3.47. The molecule has 0 saturated carbocycles. The van der Waals surface area contributed by atoms with Gasteiger partial charge in [0.25, 0.3) is 0 Å². The highest BCUT2D eigenvalue weighted by Crippen LogP contribution is 2.17. The van der Waals surface area contributed by atoms with Crippen molar-refractivity contribution in [3.63, 3.8) is 0 Å². The predicted octanol–water partition coefficient (Wildman–Crippen LogP) is -2.42. The lowest BCUT2D eigenvalue weighted by atomic mass is 9.98. The lowest BCUT2D eigenvalue weighted by Crippen LogP contribution is -2.55. The summed E-state index contributed by atoms with van der Waals surface area (Å²) in [6.45, 7) is 3.40. The van der Waals surface area contributed by atoms with Crippen LogP contribution < -0.4 is 21.7 Å². The Morgan fingerprint density at radius 2 is 2.00 bits per heavy atom. The third-order valence-corrected chi connectivity index (χ3v) is 2.85. The second-order valence-corrected chi connectivity index (χ2v) is 3.55. The van der Waals surface area contributed by atoms with Crippen molar-refractivity contribution in [2.45, 2.75) is 18.1 Å². The lowest BCUT2D eigenvalue weighted by Gasteiger charge is -2.30. The molecule has 62 valence electrons. The van der Waals surface area contributed by atoms with Gasteiger partial charge in [-0.2, -0.15) is 5.53 Å².